The van der Waals surface area contributed by atoms with E-state index in [-0.39, 0.29) is 11.6 Å². The van der Waals surface area contributed by atoms with E-state index < -0.39 is 4.92 Å². The fraction of sp³-hybridized carbons (Fsp3) is 0.333. The van der Waals surface area contributed by atoms with Crippen molar-refractivity contribution in [2.24, 2.45) is 0 Å². The van der Waals surface area contributed by atoms with Gasteiger partial charge in [0, 0.05) is 41.6 Å². The third kappa shape index (κ3) is 6.64. The van der Waals surface area contributed by atoms with Crippen molar-refractivity contribution in [3.8, 4) is 0 Å². The summed E-state index contributed by atoms with van der Waals surface area (Å²) in [4.78, 5) is 33.0. The molecule has 0 saturated carbocycles. The van der Waals surface area contributed by atoms with Gasteiger partial charge in [-0.05, 0) is 56.6 Å². The second-order valence-corrected chi connectivity index (χ2v) is 9.77. The van der Waals surface area contributed by atoms with E-state index in [2.05, 4.69) is 4.98 Å². The van der Waals surface area contributed by atoms with Gasteiger partial charge in [-0.25, -0.2) is 4.98 Å². The Bertz CT molecular complexity index is 1060. The van der Waals surface area contributed by atoms with Crippen LogP contribution >= 0.6 is 34.7 Å². The topological polar surface area (TPSA) is 79.6 Å². The largest absolute Gasteiger partial charge is 0.308 e. The molecule has 1 heterocycles. The minimum absolute atomic E-state index is 0.00659. The van der Waals surface area contributed by atoms with E-state index in [1.165, 1.54) is 23.5 Å². The Hall–Kier alpha value is -2.20. The van der Waals surface area contributed by atoms with Crippen LogP contribution in [0.4, 0.5) is 10.8 Å². The van der Waals surface area contributed by atoms with Gasteiger partial charge in [-0.2, -0.15) is 0 Å². The summed E-state index contributed by atoms with van der Waals surface area (Å²) in [5.74, 6) is 0.827. The summed E-state index contributed by atoms with van der Waals surface area (Å²) in [5, 5.41) is 12.3. The van der Waals surface area contributed by atoms with E-state index in [0.29, 0.717) is 39.9 Å². The fourth-order valence-electron chi connectivity index (χ4n) is 2.84. The molecule has 31 heavy (non-hydrogen) atoms. The van der Waals surface area contributed by atoms with E-state index in [1.807, 2.05) is 43.3 Å². The third-order valence-corrected chi connectivity index (χ3v) is 6.88. The Morgan fingerprint density at radius 3 is 2.61 bits per heavy atom. The Balaban J connectivity index is 1.67. The maximum atomic E-state index is 13.0. The number of anilines is 1. The van der Waals surface area contributed by atoms with E-state index in [9.17, 15) is 14.9 Å². The summed E-state index contributed by atoms with van der Waals surface area (Å²) in [6.07, 6.45) is 1.14. The number of fused-ring (bicyclic) bond motifs is 1. The van der Waals surface area contributed by atoms with Crippen LogP contribution in [0, 0.1) is 10.1 Å². The maximum Gasteiger partial charge on any atom is 0.270 e. The molecule has 3 rings (SSSR count). The van der Waals surface area contributed by atoms with E-state index in [1.54, 1.807) is 22.7 Å². The van der Waals surface area contributed by atoms with Crippen molar-refractivity contribution in [3.05, 3.63) is 57.6 Å². The molecule has 3 aromatic rings. The molecule has 1 amide bonds. The van der Waals surface area contributed by atoms with Crippen molar-refractivity contribution < 1.29 is 9.72 Å². The lowest BCUT2D eigenvalue weighted by atomic mass is 10.3. The molecule has 0 aliphatic heterocycles. The van der Waals surface area contributed by atoms with Crippen molar-refractivity contribution in [1.29, 1.82) is 0 Å². The van der Waals surface area contributed by atoms with E-state index in [0.717, 1.165) is 17.1 Å². The van der Waals surface area contributed by atoms with Gasteiger partial charge in [-0.1, -0.05) is 22.9 Å². The van der Waals surface area contributed by atoms with Crippen LogP contribution in [-0.2, 0) is 4.79 Å². The highest BCUT2D eigenvalue weighted by atomic mass is 35.5. The SMILES string of the molecule is CN(C)CCN(C(=O)CCCSc1ccc(Cl)cc1)c1nc2ccc([N+](=O)[O-])cc2s1. The number of carbonyl (C=O) groups excluding carboxylic acids is 1. The average molecular weight is 479 g/mol. The number of amides is 1. The number of likely N-dealkylation sites (N-methyl/N-ethyl adjacent to an activating group) is 1. The van der Waals surface area contributed by atoms with Crippen LogP contribution in [-0.4, -0.2) is 53.7 Å². The highest BCUT2D eigenvalue weighted by Crippen LogP contribution is 2.32. The van der Waals surface area contributed by atoms with E-state index in [4.69, 9.17) is 11.6 Å². The number of thiazole rings is 1. The van der Waals surface area contributed by atoms with E-state index >= 15 is 0 Å². The number of aromatic nitrogens is 1. The predicted octanol–water partition coefficient (Wildman–Crippen LogP) is 5.33. The molecule has 0 radical (unpaired) electrons. The standard InChI is InChI=1S/C21H23ClN4O3S2/c1-24(2)11-12-25(20(27)4-3-13-30-17-8-5-15(22)6-9-17)21-23-18-10-7-16(26(28)29)14-19(18)31-21/h5-10,14H,3-4,11-13H2,1-2H3. The number of nitrogens with zero attached hydrogens (tertiary/aromatic N) is 4. The molecule has 0 spiro atoms. The van der Waals surface area contributed by atoms with Crippen LogP contribution in [0.25, 0.3) is 10.2 Å². The minimum Gasteiger partial charge on any atom is -0.308 e. The first-order valence-corrected chi connectivity index (χ1v) is 11.9. The molecule has 0 aliphatic rings. The lowest BCUT2D eigenvalue weighted by molar-refractivity contribution is -0.384. The molecule has 0 atom stereocenters. The Morgan fingerprint density at radius 1 is 1.19 bits per heavy atom. The molecule has 0 bridgehead atoms. The number of carbonyl (C=O) groups is 1. The summed E-state index contributed by atoms with van der Waals surface area (Å²) in [5.41, 5.74) is 0.680. The van der Waals surface area contributed by atoms with Gasteiger partial charge < -0.3 is 4.90 Å². The smallest absolute Gasteiger partial charge is 0.270 e. The zero-order valence-corrected chi connectivity index (χ0v) is 19.7. The van der Waals surface area contributed by atoms with Crippen molar-refractivity contribution in [2.75, 3.05) is 37.8 Å². The number of hydrogen-bond acceptors (Lipinski definition) is 7. The summed E-state index contributed by atoms with van der Waals surface area (Å²) < 4.78 is 0.699. The zero-order valence-electron chi connectivity index (χ0n) is 17.3. The van der Waals surface area contributed by atoms with Crippen LogP contribution in [0.3, 0.4) is 0 Å². The van der Waals surface area contributed by atoms with Crippen LogP contribution in [0.15, 0.2) is 47.4 Å². The number of nitro benzene ring substituents is 1. The van der Waals surface area contributed by atoms with Crippen LogP contribution in [0.5, 0.6) is 0 Å². The van der Waals surface area contributed by atoms with Gasteiger partial charge in [0.05, 0.1) is 15.1 Å². The molecule has 10 heteroatoms. The molecule has 0 saturated heterocycles. The minimum atomic E-state index is -0.424. The number of rotatable bonds is 10. The summed E-state index contributed by atoms with van der Waals surface area (Å²) >= 11 is 8.91. The molecule has 0 unspecified atom stereocenters. The first-order valence-electron chi connectivity index (χ1n) is 9.72. The van der Waals surface area contributed by atoms with Crippen molar-refractivity contribution in [3.63, 3.8) is 0 Å². The average Bonchev–Trinajstić information content (AvgIpc) is 3.15. The van der Waals surface area contributed by atoms with Gasteiger partial charge in [-0.15, -0.1) is 11.8 Å². The molecule has 1 aromatic heterocycles. The van der Waals surface area contributed by atoms with Gasteiger partial charge in [0.2, 0.25) is 5.91 Å². The molecule has 0 fully saturated rings. The fourth-order valence-corrected chi connectivity index (χ4v) is 4.86. The molecule has 0 aliphatic carbocycles. The van der Waals surface area contributed by atoms with Gasteiger partial charge in [-0.3, -0.25) is 19.8 Å². The number of thioether (sulfide) groups is 1. The Kier molecular flexibility index (Phi) is 8.25. The zero-order chi connectivity index (χ0) is 22.4. The summed E-state index contributed by atoms with van der Waals surface area (Å²) in [7, 11) is 3.90. The van der Waals surface area contributed by atoms with Gasteiger partial charge >= 0.3 is 0 Å². The maximum absolute atomic E-state index is 13.0. The molecule has 164 valence electrons. The van der Waals surface area contributed by atoms with Crippen LogP contribution in [0.1, 0.15) is 12.8 Å². The number of halogens is 1. The first kappa shape index (κ1) is 23.5. The number of benzene rings is 2. The quantitative estimate of drug-likeness (QED) is 0.170. The molecular weight excluding hydrogens is 456 g/mol. The molecule has 2 aromatic carbocycles. The second kappa shape index (κ2) is 10.9. The summed E-state index contributed by atoms with van der Waals surface area (Å²) in [6.45, 7) is 1.21. The number of nitro groups is 1. The van der Waals surface area contributed by atoms with Crippen LogP contribution in [0.2, 0.25) is 5.02 Å². The van der Waals surface area contributed by atoms with Crippen LogP contribution < -0.4 is 4.90 Å². The number of hydrogen-bond donors (Lipinski definition) is 0. The van der Waals surface area contributed by atoms with Gasteiger partial charge in [0.15, 0.2) is 5.13 Å². The highest BCUT2D eigenvalue weighted by molar-refractivity contribution is 7.99. The lowest BCUT2D eigenvalue weighted by Gasteiger charge is -2.22. The van der Waals surface area contributed by atoms with Crippen molar-refractivity contribution >= 4 is 61.6 Å². The second-order valence-electron chi connectivity index (χ2n) is 7.16. The van der Waals surface area contributed by atoms with Gasteiger partial charge in [0.25, 0.3) is 5.69 Å². The predicted molar refractivity (Wildman–Crippen MR) is 129 cm³/mol. The molecule has 7 nitrogen and oxygen atoms in total. The molecular formula is C21H23ClN4O3S2. The summed E-state index contributed by atoms with van der Waals surface area (Å²) in [6, 6.07) is 12.2. The third-order valence-electron chi connectivity index (χ3n) is 4.49. The number of non-ortho nitro benzene ring substituents is 1. The van der Waals surface area contributed by atoms with Gasteiger partial charge in [0.1, 0.15) is 0 Å². The lowest BCUT2D eigenvalue weighted by Crippen LogP contribution is -2.36. The Morgan fingerprint density at radius 2 is 1.94 bits per heavy atom. The molecule has 0 N–H and O–H groups in total. The van der Waals surface area contributed by atoms with Crippen molar-refractivity contribution in [1.82, 2.24) is 9.88 Å². The van der Waals surface area contributed by atoms with Crippen molar-refractivity contribution in [2.45, 2.75) is 17.7 Å². The normalized spacial score (nSPS) is 11.2. The monoisotopic (exact) mass is 478 g/mol. The first-order chi connectivity index (χ1) is 14.8. The highest BCUT2D eigenvalue weighted by Gasteiger charge is 2.20. The Labute approximate surface area is 194 Å².